The van der Waals surface area contributed by atoms with Crippen molar-refractivity contribution in [3.63, 3.8) is 0 Å². The molecular weight excluding hydrogens is 322 g/mol. The van der Waals surface area contributed by atoms with Gasteiger partial charge in [0.1, 0.15) is 5.01 Å². The van der Waals surface area contributed by atoms with Crippen LogP contribution in [0.3, 0.4) is 0 Å². The first kappa shape index (κ1) is 18.4. The SMILES string of the molecule is Cc1nc(-c2ccccc2)sc1CNC(=O)NCC(C)CC(C)O. The maximum Gasteiger partial charge on any atom is 0.315 e. The number of amides is 2. The number of aryl methyl sites for hydroxylation is 1. The number of nitrogens with one attached hydrogen (secondary N) is 2. The summed E-state index contributed by atoms with van der Waals surface area (Å²) in [6.45, 7) is 6.74. The van der Waals surface area contributed by atoms with E-state index in [9.17, 15) is 9.90 Å². The zero-order valence-corrected chi connectivity index (χ0v) is 15.2. The van der Waals surface area contributed by atoms with Crippen LogP contribution < -0.4 is 10.6 Å². The van der Waals surface area contributed by atoms with Crippen LogP contribution in [0.2, 0.25) is 0 Å². The molecular formula is C18H25N3O2S. The van der Waals surface area contributed by atoms with Gasteiger partial charge in [-0.3, -0.25) is 0 Å². The van der Waals surface area contributed by atoms with Gasteiger partial charge in [0, 0.05) is 17.0 Å². The van der Waals surface area contributed by atoms with Gasteiger partial charge in [-0.25, -0.2) is 9.78 Å². The van der Waals surface area contributed by atoms with Gasteiger partial charge < -0.3 is 15.7 Å². The zero-order chi connectivity index (χ0) is 17.5. The highest BCUT2D eigenvalue weighted by molar-refractivity contribution is 7.15. The number of nitrogens with zero attached hydrogens (tertiary/aromatic N) is 1. The van der Waals surface area contributed by atoms with Crippen LogP contribution in [0.1, 0.15) is 30.8 Å². The molecule has 3 N–H and O–H groups in total. The normalized spacial score (nSPS) is 13.3. The average Bonchev–Trinajstić information content (AvgIpc) is 2.92. The minimum absolute atomic E-state index is 0.193. The van der Waals surface area contributed by atoms with Gasteiger partial charge in [-0.05, 0) is 26.2 Å². The largest absolute Gasteiger partial charge is 0.393 e. The fourth-order valence-electron chi connectivity index (χ4n) is 2.45. The van der Waals surface area contributed by atoms with Gasteiger partial charge >= 0.3 is 6.03 Å². The summed E-state index contributed by atoms with van der Waals surface area (Å²) in [6.07, 6.45) is 0.329. The van der Waals surface area contributed by atoms with E-state index in [-0.39, 0.29) is 18.1 Å². The van der Waals surface area contributed by atoms with Crippen molar-refractivity contribution < 1.29 is 9.90 Å². The molecule has 2 unspecified atom stereocenters. The van der Waals surface area contributed by atoms with E-state index in [1.165, 1.54) is 0 Å². The molecule has 6 heteroatoms. The minimum Gasteiger partial charge on any atom is -0.393 e. The zero-order valence-electron chi connectivity index (χ0n) is 14.4. The third-order valence-corrected chi connectivity index (χ3v) is 4.88. The Morgan fingerprint density at radius 3 is 2.62 bits per heavy atom. The van der Waals surface area contributed by atoms with E-state index in [4.69, 9.17) is 0 Å². The maximum atomic E-state index is 11.9. The molecule has 2 amide bonds. The Bertz CT molecular complexity index is 656. The molecule has 0 bridgehead atoms. The topological polar surface area (TPSA) is 74.2 Å². The highest BCUT2D eigenvalue weighted by atomic mass is 32.1. The second-order valence-electron chi connectivity index (χ2n) is 6.15. The molecule has 1 heterocycles. The maximum absolute atomic E-state index is 11.9. The lowest BCUT2D eigenvalue weighted by atomic mass is 10.1. The number of rotatable bonds is 7. The molecule has 24 heavy (non-hydrogen) atoms. The van der Waals surface area contributed by atoms with Gasteiger partial charge in [0.25, 0.3) is 0 Å². The van der Waals surface area contributed by atoms with Gasteiger partial charge in [-0.2, -0.15) is 0 Å². The average molecular weight is 347 g/mol. The Balaban J connectivity index is 1.84. The third-order valence-electron chi connectivity index (χ3n) is 3.68. The first-order valence-corrected chi connectivity index (χ1v) is 8.99. The van der Waals surface area contributed by atoms with Crippen molar-refractivity contribution in [2.24, 2.45) is 5.92 Å². The predicted molar refractivity (Wildman–Crippen MR) is 98.0 cm³/mol. The van der Waals surface area contributed by atoms with E-state index < -0.39 is 0 Å². The summed E-state index contributed by atoms with van der Waals surface area (Å²) in [5.74, 6) is 0.241. The van der Waals surface area contributed by atoms with Crippen molar-refractivity contribution >= 4 is 17.4 Å². The number of urea groups is 1. The molecule has 0 aliphatic heterocycles. The van der Waals surface area contributed by atoms with Crippen LogP contribution in [0.15, 0.2) is 30.3 Å². The number of benzene rings is 1. The van der Waals surface area contributed by atoms with Crippen LogP contribution >= 0.6 is 11.3 Å². The number of carbonyl (C=O) groups excluding carboxylic acids is 1. The first-order chi connectivity index (χ1) is 11.5. The van der Waals surface area contributed by atoms with E-state index in [2.05, 4.69) is 15.6 Å². The number of hydrogen-bond acceptors (Lipinski definition) is 4. The summed E-state index contributed by atoms with van der Waals surface area (Å²) in [4.78, 5) is 17.5. The highest BCUT2D eigenvalue weighted by Crippen LogP contribution is 2.27. The molecule has 2 aromatic rings. The molecule has 2 atom stereocenters. The minimum atomic E-state index is -0.346. The lowest BCUT2D eigenvalue weighted by Crippen LogP contribution is -2.37. The van der Waals surface area contributed by atoms with Gasteiger partial charge in [-0.15, -0.1) is 11.3 Å². The Morgan fingerprint density at radius 2 is 1.96 bits per heavy atom. The molecule has 0 fully saturated rings. The molecule has 0 saturated heterocycles. The van der Waals surface area contributed by atoms with E-state index in [0.29, 0.717) is 19.5 Å². The number of aromatic nitrogens is 1. The number of carbonyl (C=O) groups is 1. The molecule has 130 valence electrons. The Labute approximate surface area is 147 Å². The number of hydrogen-bond donors (Lipinski definition) is 3. The van der Waals surface area contributed by atoms with Crippen LogP contribution in [0.25, 0.3) is 10.6 Å². The van der Waals surface area contributed by atoms with E-state index in [1.807, 2.05) is 44.2 Å². The second kappa shape index (κ2) is 8.80. The Hall–Kier alpha value is -1.92. The molecule has 0 aliphatic rings. The van der Waals surface area contributed by atoms with Crippen molar-refractivity contribution in [1.82, 2.24) is 15.6 Å². The molecule has 0 aliphatic carbocycles. The molecule has 1 aromatic carbocycles. The van der Waals surface area contributed by atoms with Crippen LogP contribution in [0.4, 0.5) is 4.79 Å². The van der Waals surface area contributed by atoms with Crippen LogP contribution in [-0.4, -0.2) is 28.8 Å². The van der Waals surface area contributed by atoms with E-state index in [1.54, 1.807) is 18.3 Å². The van der Waals surface area contributed by atoms with Crippen molar-refractivity contribution in [1.29, 1.82) is 0 Å². The second-order valence-corrected chi connectivity index (χ2v) is 7.23. The van der Waals surface area contributed by atoms with Crippen LogP contribution in [0, 0.1) is 12.8 Å². The van der Waals surface area contributed by atoms with Crippen molar-refractivity contribution in [3.05, 3.63) is 40.9 Å². The monoisotopic (exact) mass is 347 g/mol. The molecule has 5 nitrogen and oxygen atoms in total. The van der Waals surface area contributed by atoms with Gasteiger partial charge in [0.15, 0.2) is 0 Å². The summed E-state index contributed by atoms with van der Waals surface area (Å²) < 4.78 is 0. The summed E-state index contributed by atoms with van der Waals surface area (Å²) in [7, 11) is 0. The molecule has 1 aromatic heterocycles. The highest BCUT2D eigenvalue weighted by Gasteiger charge is 2.11. The first-order valence-electron chi connectivity index (χ1n) is 8.17. The lowest BCUT2D eigenvalue weighted by Gasteiger charge is -2.14. The molecule has 0 saturated carbocycles. The lowest BCUT2D eigenvalue weighted by molar-refractivity contribution is 0.163. The summed E-state index contributed by atoms with van der Waals surface area (Å²) in [6, 6.07) is 9.84. The Kier molecular flexibility index (Phi) is 6.75. The number of aliphatic hydroxyl groups is 1. The fourth-order valence-corrected chi connectivity index (χ4v) is 3.46. The summed E-state index contributed by atoms with van der Waals surface area (Å²) in [5.41, 5.74) is 2.04. The molecule has 2 rings (SSSR count). The smallest absolute Gasteiger partial charge is 0.315 e. The van der Waals surface area contributed by atoms with Gasteiger partial charge in [0.05, 0.1) is 18.3 Å². The van der Waals surface area contributed by atoms with Crippen LogP contribution in [-0.2, 0) is 6.54 Å². The third kappa shape index (κ3) is 5.62. The standard InChI is InChI=1S/C18H25N3O2S/c1-12(9-13(2)22)10-19-18(23)20-11-16-14(3)21-17(24-16)15-7-5-4-6-8-15/h4-8,12-13,22H,9-11H2,1-3H3,(H2,19,20,23). The van der Waals surface area contributed by atoms with Crippen molar-refractivity contribution in [2.45, 2.75) is 39.8 Å². The number of thiazole rings is 1. The van der Waals surface area contributed by atoms with Gasteiger partial charge in [-0.1, -0.05) is 37.3 Å². The summed E-state index contributed by atoms with van der Waals surface area (Å²) in [5, 5.41) is 16.0. The van der Waals surface area contributed by atoms with E-state index in [0.717, 1.165) is 21.1 Å². The fraction of sp³-hybridized carbons (Fsp3) is 0.444. The number of aliphatic hydroxyl groups excluding tert-OH is 1. The van der Waals surface area contributed by atoms with E-state index >= 15 is 0 Å². The molecule has 0 radical (unpaired) electrons. The molecule has 0 spiro atoms. The van der Waals surface area contributed by atoms with Crippen LogP contribution in [0.5, 0.6) is 0 Å². The quantitative estimate of drug-likeness (QED) is 0.719. The van der Waals surface area contributed by atoms with Crippen molar-refractivity contribution in [2.75, 3.05) is 6.54 Å². The van der Waals surface area contributed by atoms with Crippen molar-refractivity contribution in [3.8, 4) is 10.6 Å². The van der Waals surface area contributed by atoms with Gasteiger partial charge in [0.2, 0.25) is 0 Å². The Morgan fingerprint density at radius 1 is 1.25 bits per heavy atom. The summed E-state index contributed by atoms with van der Waals surface area (Å²) >= 11 is 1.60. The predicted octanol–water partition coefficient (Wildman–Crippen LogP) is 3.32.